The molecule has 1 amide bonds. The fraction of sp³-hybridized carbons (Fsp3) is 0.273. The van der Waals surface area contributed by atoms with Crippen molar-refractivity contribution in [1.82, 2.24) is 0 Å². The number of benzene rings is 1. The van der Waals surface area contributed by atoms with E-state index in [4.69, 9.17) is 17.3 Å². The molecule has 0 bridgehead atoms. The maximum atomic E-state index is 11.3. The number of esters is 1. The van der Waals surface area contributed by atoms with Crippen LogP contribution in [0.25, 0.3) is 0 Å². The van der Waals surface area contributed by atoms with E-state index in [1.807, 2.05) is 0 Å². The highest BCUT2D eigenvalue weighted by molar-refractivity contribution is 6.19. The van der Waals surface area contributed by atoms with Crippen molar-refractivity contribution in [2.24, 2.45) is 0 Å². The van der Waals surface area contributed by atoms with E-state index in [0.29, 0.717) is 16.9 Å². The summed E-state index contributed by atoms with van der Waals surface area (Å²) in [5.74, 6) is -0.519. The summed E-state index contributed by atoms with van der Waals surface area (Å²) in [4.78, 5) is 22.6. The molecule has 0 fully saturated rings. The second kappa shape index (κ2) is 6.10. The third-order valence-corrected chi connectivity index (χ3v) is 2.26. The van der Waals surface area contributed by atoms with Crippen molar-refractivity contribution in [2.75, 3.05) is 24.0 Å². The Morgan fingerprint density at radius 2 is 2.18 bits per heavy atom. The number of amides is 1. The van der Waals surface area contributed by atoms with Gasteiger partial charge in [0, 0.05) is 12.3 Å². The van der Waals surface area contributed by atoms with Crippen LogP contribution in [0.15, 0.2) is 18.2 Å². The number of nitrogens with two attached hydrogens (primary N) is 1. The van der Waals surface area contributed by atoms with E-state index >= 15 is 0 Å². The van der Waals surface area contributed by atoms with Crippen LogP contribution >= 0.6 is 11.6 Å². The first-order chi connectivity index (χ1) is 8.08. The predicted molar refractivity (Wildman–Crippen MR) is 66.2 cm³/mol. The van der Waals surface area contributed by atoms with Gasteiger partial charge in [-0.1, -0.05) is 0 Å². The first-order valence-electron chi connectivity index (χ1n) is 4.92. The molecule has 0 atom stereocenters. The molecule has 1 rings (SSSR count). The van der Waals surface area contributed by atoms with Crippen LogP contribution in [0.3, 0.4) is 0 Å². The van der Waals surface area contributed by atoms with Crippen molar-refractivity contribution in [2.45, 2.75) is 6.42 Å². The Morgan fingerprint density at radius 1 is 1.47 bits per heavy atom. The van der Waals surface area contributed by atoms with Gasteiger partial charge in [0.1, 0.15) is 0 Å². The average molecular weight is 257 g/mol. The topological polar surface area (TPSA) is 81.4 Å². The molecular weight excluding hydrogens is 244 g/mol. The Bertz CT molecular complexity index is 435. The Labute approximate surface area is 104 Å². The van der Waals surface area contributed by atoms with Crippen LogP contribution in [0, 0.1) is 0 Å². The van der Waals surface area contributed by atoms with E-state index in [2.05, 4.69) is 10.1 Å². The number of rotatable bonds is 4. The Hall–Kier alpha value is -1.75. The Balaban J connectivity index is 2.90. The molecule has 0 aliphatic heterocycles. The minimum Gasteiger partial charge on any atom is -0.465 e. The standard InChI is InChI=1S/C11H13ClN2O3/c1-17-11(16)7-2-3-8(13)9(6-7)14-10(15)4-5-12/h2-3,6H,4-5,13H2,1H3,(H,14,15). The zero-order chi connectivity index (χ0) is 12.8. The van der Waals surface area contributed by atoms with Crippen molar-refractivity contribution >= 4 is 34.9 Å². The molecule has 3 N–H and O–H groups in total. The lowest BCUT2D eigenvalue weighted by atomic mass is 10.1. The molecule has 1 aromatic rings. The van der Waals surface area contributed by atoms with Gasteiger partial charge in [0.05, 0.1) is 24.0 Å². The molecule has 0 radical (unpaired) electrons. The highest BCUT2D eigenvalue weighted by Gasteiger charge is 2.10. The molecule has 6 heteroatoms. The number of hydrogen-bond donors (Lipinski definition) is 2. The highest BCUT2D eigenvalue weighted by atomic mass is 35.5. The lowest BCUT2D eigenvalue weighted by Gasteiger charge is -2.09. The quantitative estimate of drug-likeness (QED) is 0.487. The van der Waals surface area contributed by atoms with E-state index in [9.17, 15) is 9.59 Å². The minimum absolute atomic E-state index is 0.184. The van der Waals surface area contributed by atoms with E-state index in [0.717, 1.165) is 0 Å². The Morgan fingerprint density at radius 3 is 2.76 bits per heavy atom. The summed E-state index contributed by atoms with van der Waals surface area (Å²) in [6.07, 6.45) is 0.184. The fourth-order valence-electron chi connectivity index (χ4n) is 1.21. The highest BCUT2D eigenvalue weighted by Crippen LogP contribution is 2.20. The van der Waals surface area contributed by atoms with Crippen molar-refractivity contribution in [3.8, 4) is 0 Å². The molecule has 0 saturated heterocycles. The number of nitrogen functional groups attached to an aromatic ring is 1. The first kappa shape index (κ1) is 13.3. The Kier molecular flexibility index (Phi) is 4.78. The maximum Gasteiger partial charge on any atom is 0.337 e. The van der Waals surface area contributed by atoms with Crippen molar-refractivity contribution in [3.63, 3.8) is 0 Å². The summed E-state index contributed by atoms with van der Waals surface area (Å²) in [5, 5.41) is 2.57. The zero-order valence-corrected chi connectivity index (χ0v) is 10.1. The number of carbonyl (C=O) groups excluding carboxylic acids is 2. The van der Waals surface area contributed by atoms with Gasteiger partial charge < -0.3 is 15.8 Å². The summed E-state index contributed by atoms with van der Waals surface area (Å²) in [6, 6.07) is 4.52. The van der Waals surface area contributed by atoms with Crippen LogP contribution in [-0.2, 0) is 9.53 Å². The van der Waals surface area contributed by atoms with Gasteiger partial charge in [-0.3, -0.25) is 4.79 Å². The normalized spacial score (nSPS) is 9.76. The van der Waals surface area contributed by atoms with Crippen molar-refractivity contribution in [1.29, 1.82) is 0 Å². The van der Waals surface area contributed by atoms with Crippen LogP contribution in [0.4, 0.5) is 11.4 Å². The third-order valence-electron chi connectivity index (χ3n) is 2.07. The smallest absolute Gasteiger partial charge is 0.337 e. The number of ether oxygens (including phenoxy) is 1. The first-order valence-corrected chi connectivity index (χ1v) is 5.45. The molecule has 17 heavy (non-hydrogen) atoms. The SMILES string of the molecule is COC(=O)c1ccc(N)c(NC(=O)CCCl)c1. The summed E-state index contributed by atoms with van der Waals surface area (Å²) >= 11 is 5.44. The molecule has 0 saturated carbocycles. The second-order valence-electron chi connectivity index (χ2n) is 3.28. The number of halogens is 1. The van der Waals surface area contributed by atoms with Gasteiger partial charge >= 0.3 is 5.97 Å². The molecular formula is C11H13ClN2O3. The number of carbonyl (C=O) groups is 2. The van der Waals surface area contributed by atoms with E-state index in [1.165, 1.54) is 25.3 Å². The summed E-state index contributed by atoms with van der Waals surface area (Å²) < 4.78 is 4.57. The number of alkyl halides is 1. The molecule has 0 unspecified atom stereocenters. The van der Waals surface area contributed by atoms with Crippen LogP contribution in [-0.4, -0.2) is 24.9 Å². The van der Waals surface area contributed by atoms with Gasteiger partial charge in [-0.2, -0.15) is 0 Å². The van der Waals surface area contributed by atoms with Crippen LogP contribution < -0.4 is 11.1 Å². The van der Waals surface area contributed by atoms with Gasteiger partial charge in [-0.05, 0) is 18.2 Å². The largest absolute Gasteiger partial charge is 0.465 e. The van der Waals surface area contributed by atoms with Crippen LogP contribution in [0.2, 0.25) is 0 Å². The number of anilines is 2. The van der Waals surface area contributed by atoms with Crippen LogP contribution in [0.1, 0.15) is 16.8 Å². The van der Waals surface area contributed by atoms with Crippen molar-refractivity contribution in [3.05, 3.63) is 23.8 Å². The van der Waals surface area contributed by atoms with Gasteiger partial charge in [-0.25, -0.2) is 4.79 Å². The average Bonchev–Trinajstić information content (AvgIpc) is 2.31. The second-order valence-corrected chi connectivity index (χ2v) is 3.66. The summed E-state index contributed by atoms with van der Waals surface area (Å²) in [5.41, 5.74) is 6.75. The van der Waals surface area contributed by atoms with Crippen molar-refractivity contribution < 1.29 is 14.3 Å². The third kappa shape index (κ3) is 3.64. The van der Waals surface area contributed by atoms with E-state index in [-0.39, 0.29) is 18.2 Å². The van der Waals surface area contributed by atoms with Gasteiger partial charge in [0.2, 0.25) is 5.91 Å². The molecule has 0 aliphatic carbocycles. The molecule has 0 heterocycles. The molecule has 1 aromatic carbocycles. The van der Waals surface area contributed by atoms with Gasteiger partial charge in [0.25, 0.3) is 0 Å². The molecule has 0 spiro atoms. The van der Waals surface area contributed by atoms with E-state index < -0.39 is 5.97 Å². The van der Waals surface area contributed by atoms with Gasteiger partial charge in [-0.15, -0.1) is 11.6 Å². The summed E-state index contributed by atoms with van der Waals surface area (Å²) in [6.45, 7) is 0. The molecule has 0 aromatic heterocycles. The molecule has 0 aliphatic rings. The minimum atomic E-state index is -0.488. The lowest BCUT2D eigenvalue weighted by Crippen LogP contribution is -2.14. The molecule has 92 valence electrons. The number of methoxy groups -OCH3 is 1. The monoisotopic (exact) mass is 256 g/mol. The van der Waals surface area contributed by atoms with E-state index in [1.54, 1.807) is 0 Å². The van der Waals surface area contributed by atoms with Crippen LogP contribution in [0.5, 0.6) is 0 Å². The predicted octanol–water partition coefficient (Wildman–Crippen LogP) is 1.62. The summed E-state index contributed by atoms with van der Waals surface area (Å²) in [7, 11) is 1.28. The molecule has 5 nitrogen and oxygen atoms in total. The number of hydrogen-bond acceptors (Lipinski definition) is 4. The zero-order valence-electron chi connectivity index (χ0n) is 9.33. The van der Waals surface area contributed by atoms with Gasteiger partial charge in [0.15, 0.2) is 0 Å². The number of nitrogens with one attached hydrogen (secondary N) is 1. The lowest BCUT2D eigenvalue weighted by molar-refractivity contribution is -0.115. The fourth-order valence-corrected chi connectivity index (χ4v) is 1.38. The maximum absolute atomic E-state index is 11.3.